The Morgan fingerprint density at radius 1 is 1.04 bits per heavy atom. The second kappa shape index (κ2) is 7.00. The summed E-state index contributed by atoms with van der Waals surface area (Å²) < 4.78 is 0. The van der Waals surface area contributed by atoms with Crippen LogP contribution < -0.4 is 15.1 Å². The molecule has 1 aliphatic heterocycles. The third kappa shape index (κ3) is 3.44. The molecule has 1 fully saturated rings. The quantitative estimate of drug-likeness (QED) is 0.860. The highest BCUT2D eigenvalue weighted by atomic mass is 16.2. The Morgan fingerprint density at radius 3 is 2.35 bits per heavy atom. The number of imide groups is 1. The molecule has 1 heterocycles. The molecule has 0 spiro atoms. The fraction of sp³-hybridized carbons (Fsp3) is 0.250. The molecule has 0 atom stereocenters. The average Bonchev–Trinajstić information content (AvgIpc) is 2.95. The number of rotatable bonds is 4. The number of anilines is 3. The number of nitrogens with zero attached hydrogens (tertiary/aromatic N) is 2. The number of hydrogen-bond donors (Lipinski definition) is 1. The Hall–Kier alpha value is -3.15. The van der Waals surface area contributed by atoms with E-state index in [1.54, 1.807) is 24.3 Å². The average molecular weight is 351 g/mol. The first kappa shape index (κ1) is 17.7. The topological polar surface area (TPSA) is 69.7 Å². The molecular formula is C20H21N3O3. The summed E-state index contributed by atoms with van der Waals surface area (Å²) in [5, 5.41) is 2.89. The SMILES string of the molecule is Cc1cc(N(C)C)ccc1NC(=O)c1cccc(N2C(=O)CCC2=O)c1. The van der Waals surface area contributed by atoms with Gasteiger partial charge in [0.15, 0.2) is 0 Å². The first-order valence-electron chi connectivity index (χ1n) is 8.42. The van der Waals surface area contributed by atoms with E-state index >= 15 is 0 Å². The fourth-order valence-electron chi connectivity index (χ4n) is 2.91. The van der Waals surface area contributed by atoms with Crippen molar-refractivity contribution in [3.8, 4) is 0 Å². The first-order chi connectivity index (χ1) is 12.4. The van der Waals surface area contributed by atoms with Crippen LogP contribution in [0.1, 0.15) is 28.8 Å². The van der Waals surface area contributed by atoms with Crippen molar-refractivity contribution in [3.63, 3.8) is 0 Å². The van der Waals surface area contributed by atoms with E-state index in [2.05, 4.69) is 5.32 Å². The molecule has 134 valence electrons. The Morgan fingerprint density at radius 2 is 1.73 bits per heavy atom. The number of carbonyl (C=O) groups excluding carboxylic acids is 3. The number of amides is 3. The highest BCUT2D eigenvalue weighted by Gasteiger charge is 2.30. The normalized spacial score (nSPS) is 13.9. The van der Waals surface area contributed by atoms with Gasteiger partial charge in [-0.05, 0) is 48.9 Å². The molecule has 26 heavy (non-hydrogen) atoms. The van der Waals surface area contributed by atoms with Crippen LogP contribution in [-0.4, -0.2) is 31.8 Å². The van der Waals surface area contributed by atoms with Crippen LogP contribution in [0.25, 0.3) is 0 Å². The van der Waals surface area contributed by atoms with E-state index in [0.29, 0.717) is 11.3 Å². The highest BCUT2D eigenvalue weighted by molar-refractivity contribution is 6.20. The first-order valence-corrected chi connectivity index (χ1v) is 8.42. The summed E-state index contributed by atoms with van der Waals surface area (Å²) in [7, 11) is 3.92. The van der Waals surface area contributed by atoms with Gasteiger partial charge >= 0.3 is 0 Å². The summed E-state index contributed by atoms with van der Waals surface area (Å²) in [6.07, 6.45) is 0.430. The van der Waals surface area contributed by atoms with Gasteiger partial charge in [0.25, 0.3) is 5.91 Å². The number of aryl methyl sites for hydroxylation is 1. The van der Waals surface area contributed by atoms with Gasteiger partial charge in [-0.25, -0.2) is 0 Å². The van der Waals surface area contributed by atoms with Gasteiger partial charge in [0.05, 0.1) is 5.69 Å². The van der Waals surface area contributed by atoms with Gasteiger partial charge in [-0.15, -0.1) is 0 Å². The maximum absolute atomic E-state index is 12.6. The standard InChI is InChI=1S/C20H21N3O3/c1-13-11-15(22(2)3)7-8-17(13)21-20(26)14-5-4-6-16(12-14)23-18(24)9-10-19(23)25/h4-8,11-12H,9-10H2,1-3H3,(H,21,26). The van der Waals surface area contributed by atoms with Crippen LogP contribution in [0.2, 0.25) is 0 Å². The van der Waals surface area contributed by atoms with Crippen LogP contribution in [0.4, 0.5) is 17.1 Å². The number of carbonyl (C=O) groups is 3. The lowest BCUT2D eigenvalue weighted by molar-refractivity contribution is -0.121. The van der Waals surface area contributed by atoms with E-state index in [4.69, 9.17) is 0 Å². The number of hydrogen-bond acceptors (Lipinski definition) is 4. The Balaban J connectivity index is 1.82. The maximum Gasteiger partial charge on any atom is 0.255 e. The Labute approximate surface area is 152 Å². The molecule has 0 saturated carbocycles. The minimum absolute atomic E-state index is 0.215. The van der Waals surface area contributed by atoms with Crippen LogP contribution in [0.15, 0.2) is 42.5 Å². The van der Waals surface area contributed by atoms with E-state index in [9.17, 15) is 14.4 Å². The lowest BCUT2D eigenvalue weighted by Gasteiger charge is -2.16. The van der Waals surface area contributed by atoms with Crippen molar-refractivity contribution in [2.75, 3.05) is 29.2 Å². The third-order valence-corrected chi connectivity index (χ3v) is 4.39. The van der Waals surface area contributed by atoms with Gasteiger partial charge < -0.3 is 10.2 Å². The zero-order chi connectivity index (χ0) is 18.8. The lowest BCUT2D eigenvalue weighted by Crippen LogP contribution is -2.28. The summed E-state index contributed by atoms with van der Waals surface area (Å²) in [6.45, 7) is 1.93. The largest absolute Gasteiger partial charge is 0.378 e. The van der Waals surface area contributed by atoms with Crippen molar-refractivity contribution in [3.05, 3.63) is 53.6 Å². The van der Waals surface area contributed by atoms with Crippen LogP contribution in [0.3, 0.4) is 0 Å². The van der Waals surface area contributed by atoms with Crippen molar-refractivity contribution in [2.24, 2.45) is 0 Å². The van der Waals surface area contributed by atoms with Crippen molar-refractivity contribution < 1.29 is 14.4 Å². The smallest absolute Gasteiger partial charge is 0.255 e. The monoisotopic (exact) mass is 351 g/mol. The molecule has 3 rings (SSSR count). The molecule has 6 nitrogen and oxygen atoms in total. The van der Waals surface area contributed by atoms with Crippen LogP contribution in [-0.2, 0) is 9.59 Å². The molecule has 0 bridgehead atoms. The molecule has 0 unspecified atom stereocenters. The molecular weight excluding hydrogens is 330 g/mol. The van der Waals surface area contributed by atoms with Crippen molar-refractivity contribution in [1.29, 1.82) is 0 Å². The third-order valence-electron chi connectivity index (χ3n) is 4.39. The van der Waals surface area contributed by atoms with E-state index in [1.165, 1.54) is 0 Å². The molecule has 1 N–H and O–H groups in total. The molecule has 6 heteroatoms. The van der Waals surface area contributed by atoms with Gasteiger partial charge in [-0.3, -0.25) is 19.3 Å². The fourth-order valence-corrected chi connectivity index (χ4v) is 2.91. The van der Waals surface area contributed by atoms with Gasteiger partial charge in [-0.2, -0.15) is 0 Å². The molecule has 2 aromatic carbocycles. The summed E-state index contributed by atoms with van der Waals surface area (Å²) >= 11 is 0. The van der Waals surface area contributed by atoms with E-state index in [1.807, 2.05) is 44.1 Å². The van der Waals surface area contributed by atoms with Gasteiger partial charge in [-0.1, -0.05) is 6.07 Å². The summed E-state index contributed by atoms with van der Waals surface area (Å²) in [4.78, 5) is 39.5. The predicted octanol–water partition coefficient (Wildman–Crippen LogP) is 2.97. The zero-order valence-corrected chi connectivity index (χ0v) is 15.1. The molecule has 1 saturated heterocycles. The lowest BCUT2D eigenvalue weighted by atomic mass is 10.1. The molecule has 0 aromatic heterocycles. The van der Waals surface area contributed by atoms with E-state index in [0.717, 1.165) is 21.8 Å². The highest BCUT2D eigenvalue weighted by Crippen LogP contribution is 2.25. The van der Waals surface area contributed by atoms with Crippen molar-refractivity contribution in [2.45, 2.75) is 19.8 Å². The second-order valence-electron chi connectivity index (χ2n) is 6.52. The molecule has 0 aliphatic carbocycles. The van der Waals surface area contributed by atoms with Crippen LogP contribution in [0.5, 0.6) is 0 Å². The Kier molecular flexibility index (Phi) is 4.75. The molecule has 2 aromatic rings. The minimum Gasteiger partial charge on any atom is -0.378 e. The zero-order valence-electron chi connectivity index (χ0n) is 15.1. The van der Waals surface area contributed by atoms with Crippen molar-refractivity contribution >= 4 is 34.8 Å². The predicted molar refractivity (Wildman–Crippen MR) is 102 cm³/mol. The summed E-state index contributed by atoms with van der Waals surface area (Å²) in [5.41, 5.74) is 3.55. The molecule has 0 radical (unpaired) electrons. The summed E-state index contributed by atoms with van der Waals surface area (Å²) in [6, 6.07) is 12.3. The molecule has 3 amide bonds. The number of benzene rings is 2. The van der Waals surface area contributed by atoms with Gasteiger partial charge in [0.2, 0.25) is 11.8 Å². The summed E-state index contributed by atoms with van der Waals surface area (Å²) in [5.74, 6) is -0.753. The van der Waals surface area contributed by atoms with Gasteiger partial charge in [0.1, 0.15) is 0 Å². The van der Waals surface area contributed by atoms with Crippen LogP contribution in [0, 0.1) is 6.92 Å². The van der Waals surface area contributed by atoms with Crippen LogP contribution >= 0.6 is 0 Å². The number of nitrogens with one attached hydrogen (secondary N) is 1. The Bertz CT molecular complexity index is 874. The molecule has 1 aliphatic rings. The van der Waals surface area contributed by atoms with E-state index in [-0.39, 0.29) is 30.6 Å². The second-order valence-corrected chi connectivity index (χ2v) is 6.52. The minimum atomic E-state index is -0.286. The van der Waals surface area contributed by atoms with Gasteiger partial charge in [0, 0.05) is 43.9 Å². The van der Waals surface area contributed by atoms with E-state index < -0.39 is 0 Å². The maximum atomic E-state index is 12.6. The van der Waals surface area contributed by atoms with Crippen molar-refractivity contribution in [1.82, 2.24) is 0 Å².